The van der Waals surface area contributed by atoms with Gasteiger partial charge in [-0.05, 0) is 51.0 Å². The van der Waals surface area contributed by atoms with Crippen LogP contribution >= 0.6 is 0 Å². The molecule has 0 bridgehead atoms. The van der Waals surface area contributed by atoms with Crippen molar-refractivity contribution in [3.8, 4) is 0 Å². The Morgan fingerprint density at radius 2 is 2.10 bits per heavy atom. The lowest BCUT2D eigenvalue weighted by Crippen LogP contribution is -2.50. The third-order valence-electron chi connectivity index (χ3n) is 5.85. The van der Waals surface area contributed by atoms with Gasteiger partial charge in [0.1, 0.15) is 0 Å². The molecular weight excluding hydrogens is 250 g/mol. The van der Waals surface area contributed by atoms with Crippen LogP contribution in [0.2, 0.25) is 0 Å². The molecule has 3 unspecified atom stereocenters. The SMILES string of the molecule is CC1CCCN(C(=O)CN2CC3CNCC3C2(C)C)C1. The van der Waals surface area contributed by atoms with Crippen molar-refractivity contribution in [2.24, 2.45) is 17.8 Å². The number of amides is 1. The van der Waals surface area contributed by atoms with Gasteiger partial charge < -0.3 is 10.2 Å². The fourth-order valence-electron chi connectivity index (χ4n) is 4.45. The van der Waals surface area contributed by atoms with E-state index in [9.17, 15) is 4.79 Å². The highest BCUT2D eigenvalue weighted by molar-refractivity contribution is 5.78. The summed E-state index contributed by atoms with van der Waals surface area (Å²) in [5, 5.41) is 3.50. The maximum absolute atomic E-state index is 12.6. The summed E-state index contributed by atoms with van der Waals surface area (Å²) in [5.41, 5.74) is 0.158. The van der Waals surface area contributed by atoms with Gasteiger partial charge in [0.15, 0.2) is 0 Å². The minimum atomic E-state index is 0.158. The van der Waals surface area contributed by atoms with Gasteiger partial charge in [-0.3, -0.25) is 9.69 Å². The van der Waals surface area contributed by atoms with Gasteiger partial charge in [0, 0.05) is 31.7 Å². The highest BCUT2D eigenvalue weighted by Crippen LogP contribution is 2.40. The van der Waals surface area contributed by atoms with E-state index in [1.165, 1.54) is 12.8 Å². The lowest BCUT2D eigenvalue weighted by molar-refractivity contribution is -0.135. The van der Waals surface area contributed by atoms with E-state index in [0.29, 0.717) is 24.3 Å². The number of piperidine rings is 1. The number of nitrogens with zero attached hydrogens (tertiary/aromatic N) is 2. The Balaban J connectivity index is 1.61. The first-order chi connectivity index (χ1) is 9.48. The van der Waals surface area contributed by atoms with Crippen LogP contribution in [0.25, 0.3) is 0 Å². The van der Waals surface area contributed by atoms with E-state index in [4.69, 9.17) is 0 Å². The van der Waals surface area contributed by atoms with Crippen LogP contribution in [0.5, 0.6) is 0 Å². The lowest BCUT2D eigenvalue weighted by Gasteiger charge is -2.38. The van der Waals surface area contributed by atoms with E-state index >= 15 is 0 Å². The Labute approximate surface area is 122 Å². The van der Waals surface area contributed by atoms with E-state index < -0.39 is 0 Å². The molecule has 0 aromatic rings. The fourth-order valence-corrected chi connectivity index (χ4v) is 4.45. The van der Waals surface area contributed by atoms with Crippen molar-refractivity contribution >= 4 is 5.91 Å². The topological polar surface area (TPSA) is 35.6 Å². The van der Waals surface area contributed by atoms with Gasteiger partial charge in [-0.15, -0.1) is 0 Å². The van der Waals surface area contributed by atoms with Crippen molar-refractivity contribution in [3.05, 3.63) is 0 Å². The van der Waals surface area contributed by atoms with Crippen molar-refractivity contribution in [3.63, 3.8) is 0 Å². The van der Waals surface area contributed by atoms with Gasteiger partial charge in [-0.25, -0.2) is 0 Å². The molecule has 0 aromatic heterocycles. The molecule has 114 valence electrons. The first-order valence-corrected chi connectivity index (χ1v) is 8.22. The van der Waals surface area contributed by atoms with Gasteiger partial charge >= 0.3 is 0 Å². The van der Waals surface area contributed by atoms with E-state index in [2.05, 4.69) is 35.9 Å². The number of rotatable bonds is 2. The maximum atomic E-state index is 12.6. The number of carbonyl (C=O) groups excluding carboxylic acids is 1. The molecular formula is C16H29N3O. The maximum Gasteiger partial charge on any atom is 0.236 e. The van der Waals surface area contributed by atoms with Crippen molar-refractivity contribution in [2.45, 2.75) is 39.2 Å². The number of fused-ring (bicyclic) bond motifs is 1. The van der Waals surface area contributed by atoms with E-state index in [1.54, 1.807) is 0 Å². The minimum Gasteiger partial charge on any atom is -0.341 e. The van der Waals surface area contributed by atoms with Crippen LogP contribution in [0.15, 0.2) is 0 Å². The van der Waals surface area contributed by atoms with E-state index in [0.717, 1.165) is 38.6 Å². The molecule has 0 aliphatic carbocycles. The third-order valence-corrected chi connectivity index (χ3v) is 5.85. The minimum absolute atomic E-state index is 0.158. The summed E-state index contributed by atoms with van der Waals surface area (Å²) in [4.78, 5) is 17.1. The summed E-state index contributed by atoms with van der Waals surface area (Å²) in [6.45, 7) is 12.8. The van der Waals surface area contributed by atoms with Crippen LogP contribution in [-0.2, 0) is 4.79 Å². The molecule has 1 N–H and O–H groups in total. The van der Waals surface area contributed by atoms with Gasteiger partial charge in [0.05, 0.1) is 6.54 Å². The predicted molar refractivity (Wildman–Crippen MR) is 80.5 cm³/mol. The summed E-state index contributed by atoms with van der Waals surface area (Å²) in [5.74, 6) is 2.45. The quantitative estimate of drug-likeness (QED) is 0.824. The van der Waals surface area contributed by atoms with Crippen LogP contribution in [0.4, 0.5) is 0 Å². The summed E-state index contributed by atoms with van der Waals surface area (Å²) in [6.07, 6.45) is 2.44. The average molecular weight is 279 g/mol. The Morgan fingerprint density at radius 3 is 2.80 bits per heavy atom. The molecule has 3 heterocycles. The van der Waals surface area contributed by atoms with Crippen molar-refractivity contribution < 1.29 is 4.79 Å². The first-order valence-electron chi connectivity index (χ1n) is 8.22. The molecule has 0 spiro atoms. The Morgan fingerprint density at radius 1 is 1.30 bits per heavy atom. The van der Waals surface area contributed by atoms with Crippen molar-refractivity contribution in [2.75, 3.05) is 39.3 Å². The van der Waals surface area contributed by atoms with Gasteiger partial charge in [-0.2, -0.15) is 0 Å². The molecule has 3 rings (SSSR count). The standard InChI is InChI=1S/C16H29N3O/c1-12-5-4-6-18(9-12)15(20)11-19-10-13-7-17-8-14(13)16(19,2)3/h12-14,17H,4-11H2,1-3H3. The second kappa shape index (κ2) is 5.30. The first kappa shape index (κ1) is 14.3. The fraction of sp³-hybridized carbons (Fsp3) is 0.938. The van der Waals surface area contributed by atoms with Gasteiger partial charge in [0.2, 0.25) is 5.91 Å². The van der Waals surface area contributed by atoms with Gasteiger partial charge in [-0.1, -0.05) is 6.92 Å². The lowest BCUT2D eigenvalue weighted by atomic mass is 9.85. The number of hydrogen-bond acceptors (Lipinski definition) is 3. The normalized spacial score (nSPS) is 37.1. The number of likely N-dealkylation sites (tertiary alicyclic amines) is 2. The zero-order chi connectivity index (χ0) is 14.3. The summed E-state index contributed by atoms with van der Waals surface area (Å²) in [6, 6.07) is 0. The van der Waals surface area contributed by atoms with Crippen LogP contribution in [0.3, 0.4) is 0 Å². The zero-order valence-corrected chi connectivity index (χ0v) is 13.2. The largest absolute Gasteiger partial charge is 0.341 e. The third kappa shape index (κ3) is 2.48. The Hall–Kier alpha value is -0.610. The molecule has 0 saturated carbocycles. The summed E-state index contributed by atoms with van der Waals surface area (Å²) in [7, 11) is 0. The molecule has 4 nitrogen and oxygen atoms in total. The summed E-state index contributed by atoms with van der Waals surface area (Å²) >= 11 is 0. The molecule has 4 heteroatoms. The number of nitrogens with one attached hydrogen (secondary N) is 1. The highest BCUT2D eigenvalue weighted by Gasteiger charge is 2.49. The molecule has 20 heavy (non-hydrogen) atoms. The molecule has 0 radical (unpaired) electrons. The average Bonchev–Trinajstić information content (AvgIpc) is 2.94. The second-order valence-electron chi connectivity index (χ2n) is 7.65. The molecule has 1 amide bonds. The van der Waals surface area contributed by atoms with Crippen LogP contribution in [0, 0.1) is 17.8 Å². The van der Waals surface area contributed by atoms with E-state index in [-0.39, 0.29) is 5.54 Å². The molecule has 3 aliphatic rings. The second-order valence-corrected chi connectivity index (χ2v) is 7.65. The Bertz CT molecular complexity index is 382. The summed E-state index contributed by atoms with van der Waals surface area (Å²) < 4.78 is 0. The van der Waals surface area contributed by atoms with Crippen LogP contribution in [-0.4, -0.2) is 60.5 Å². The predicted octanol–water partition coefficient (Wildman–Crippen LogP) is 1.17. The van der Waals surface area contributed by atoms with E-state index in [1.807, 2.05) is 0 Å². The van der Waals surface area contributed by atoms with Crippen LogP contribution in [0.1, 0.15) is 33.6 Å². The molecule has 3 aliphatic heterocycles. The molecule has 3 saturated heterocycles. The highest BCUT2D eigenvalue weighted by atomic mass is 16.2. The van der Waals surface area contributed by atoms with Gasteiger partial charge in [0.25, 0.3) is 0 Å². The van der Waals surface area contributed by atoms with Crippen LogP contribution < -0.4 is 5.32 Å². The molecule has 3 fully saturated rings. The molecule has 3 atom stereocenters. The zero-order valence-electron chi connectivity index (χ0n) is 13.2. The number of hydrogen-bond donors (Lipinski definition) is 1. The van der Waals surface area contributed by atoms with Crippen molar-refractivity contribution in [1.82, 2.24) is 15.1 Å². The molecule has 0 aromatic carbocycles. The Kier molecular flexibility index (Phi) is 3.80. The number of carbonyl (C=O) groups is 1. The smallest absolute Gasteiger partial charge is 0.236 e. The van der Waals surface area contributed by atoms with Crippen molar-refractivity contribution in [1.29, 1.82) is 0 Å². The monoisotopic (exact) mass is 279 g/mol.